The van der Waals surface area contributed by atoms with E-state index in [0.29, 0.717) is 18.4 Å². The van der Waals surface area contributed by atoms with Gasteiger partial charge in [0.05, 0.1) is 17.0 Å². The van der Waals surface area contributed by atoms with Gasteiger partial charge in [-0.1, -0.05) is 35.4 Å². The second-order valence-electron chi connectivity index (χ2n) is 6.60. The Morgan fingerprint density at radius 2 is 1.78 bits per heavy atom. The lowest BCUT2D eigenvalue weighted by atomic mass is 10.1. The molecule has 2 aromatic carbocycles. The smallest absolute Gasteiger partial charge is 0.317 e. The van der Waals surface area contributed by atoms with Gasteiger partial charge in [-0.2, -0.15) is 0 Å². The Hall–Kier alpha value is -2.45. The number of nitrogens with zero attached hydrogens (tertiary/aromatic N) is 3. The van der Waals surface area contributed by atoms with E-state index >= 15 is 0 Å². The molecule has 1 heterocycles. The average Bonchev–Trinajstić information content (AvgIpc) is 3.03. The van der Waals surface area contributed by atoms with Crippen molar-refractivity contribution in [3.8, 4) is 6.01 Å². The van der Waals surface area contributed by atoms with E-state index < -0.39 is 16.1 Å². The summed E-state index contributed by atoms with van der Waals surface area (Å²) in [6.07, 6.45) is -0.0445. The number of nitrogens with one attached hydrogen (secondary N) is 1. The van der Waals surface area contributed by atoms with Crippen LogP contribution in [0.2, 0.25) is 0 Å². The number of sulfonamides is 1. The van der Waals surface area contributed by atoms with Crippen molar-refractivity contribution in [1.29, 1.82) is 0 Å². The van der Waals surface area contributed by atoms with Gasteiger partial charge in [0.25, 0.3) is 0 Å². The zero-order valence-corrected chi connectivity index (χ0v) is 16.7. The number of aromatic nitrogens is 3. The third-order valence-electron chi connectivity index (χ3n) is 4.15. The molecule has 27 heavy (non-hydrogen) atoms. The number of ether oxygens (including phenoxy) is 1. The molecule has 144 valence electrons. The van der Waals surface area contributed by atoms with Gasteiger partial charge in [0.1, 0.15) is 0 Å². The summed E-state index contributed by atoms with van der Waals surface area (Å²) in [5, 5.41) is 10.0. The number of benzene rings is 2. The minimum absolute atomic E-state index is 0.0445. The van der Waals surface area contributed by atoms with Crippen LogP contribution in [-0.4, -0.2) is 29.3 Å². The summed E-state index contributed by atoms with van der Waals surface area (Å²) in [6.45, 7) is 8.06. The van der Waals surface area contributed by atoms with Crippen LogP contribution in [0.4, 0.5) is 0 Å². The zero-order chi connectivity index (χ0) is 19.6. The van der Waals surface area contributed by atoms with E-state index in [9.17, 15) is 8.42 Å². The Kier molecular flexibility index (Phi) is 5.48. The molecular formula is C19H24N4O3S. The maximum Gasteiger partial charge on any atom is 0.317 e. The van der Waals surface area contributed by atoms with Crippen molar-refractivity contribution in [3.63, 3.8) is 0 Å². The van der Waals surface area contributed by atoms with Crippen LogP contribution < -0.4 is 9.46 Å². The second kappa shape index (κ2) is 7.66. The molecule has 0 saturated carbocycles. The van der Waals surface area contributed by atoms with Crippen LogP contribution in [0.25, 0.3) is 10.8 Å². The molecule has 3 rings (SSSR count). The van der Waals surface area contributed by atoms with E-state index in [4.69, 9.17) is 4.74 Å². The highest BCUT2D eigenvalue weighted by Gasteiger charge is 2.24. The fourth-order valence-corrected chi connectivity index (χ4v) is 4.14. The van der Waals surface area contributed by atoms with Crippen molar-refractivity contribution in [2.45, 2.75) is 51.3 Å². The van der Waals surface area contributed by atoms with E-state index in [1.165, 1.54) is 0 Å². The summed E-state index contributed by atoms with van der Waals surface area (Å²) < 4.78 is 35.8. The highest BCUT2D eigenvalue weighted by atomic mass is 32.2. The van der Waals surface area contributed by atoms with Crippen LogP contribution in [0.3, 0.4) is 0 Å². The van der Waals surface area contributed by atoms with Gasteiger partial charge in [0.15, 0.2) is 5.82 Å². The van der Waals surface area contributed by atoms with E-state index in [1.807, 2.05) is 45.0 Å². The van der Waals surface area contributed by atoms with Gasteiger partial charge in [0, 0.05) is 6.54 Å². The third-order valence-corrected chi connectivity index (χ3v) is 5.69. The number of fused-ring (bicyclic) bond motifs is 1. The molecule has 1 atom stereocenters. The first kappa shape index (κ1) is 19.3. The Morgan fingerprint density at radius 1 is 1.07 bits per heavy atom. The molecule has 0 aliphatic carbocycles. The lowest BCUT2D eigenvalue weighted by Gasteiger charge is -2.16. The first-order valence-corrected chi connectivity index (χ1v) is 10.4. The van der Waals surface area contributed by atoms with Crippen LogP contribution in [-0.2, 0) is 16.6 Å². The average molecular weight is 388 g/mol. The topological polar surface area (TPSA) is 86.1 Å². The largest absolute Gasteiger partial charge is 0.461 e. The predicted octanol–water partition coefficient (Wildman–Crippen LogP) is 3.28. The van der Waals surface area contributed by atoms with Crippen molar-refractivity contribution in [1.82, 2.24) is 19.5 Å². The summed E-state index contributed by atoms with van der Waals surface area (Å²) in [5.41, 5.74) is 0. The molecule has 0 aliphatic rings. The molecule has 0 spiro atoms. The van der Waals surface area contributed by atoms with E-state index in [2.05, 4.69) is 14.9 Å². The number of rotatable bonds is 7. The normalized spacial score (nSPS) is 13.2. The van der Waals surface area contributed by atoms with E-state index in [0.717, 1.165) is 10.8 Å². The molecule has 0 fully saturated rings. The maximum atomic E-state index is 12.8. The Morgan fingerprint density at radius 3 is 2.44 bits per heavy atom. The van der Waals surface area contributed by atoms with Crippen LogP contribution >= 0.6 is 0 Å². The number of hydrogen-bond acceptors (Lipinski definition) is 5. The Labute approximate surface area is 159 Å². The summed E-state index contributed by atoms with van der Waals surface area (Å²) in [5.74, 6) is 0.512. The monoisotopic (exact) mass is 388 g/mol. The van der Waals surface area contributed by atoms with Crippen LogP contribution in [0.15, 0.2) is 47.4 Å². The van der Waals surface area contributed by atoms with Crippen molar-refractivity contribution in [3.05, 3.63) is 48.3 Å². The SMILES string of the molecule is CCn1c(OC(C)C)nnc1[C@@H](C)NS(=O)(=O)c1ccc2ccccc2c1. The molecule has 0 aliphatic heterocycles. The molecular weight excluding hydrogens is 364 g/mol. The van der Waals surface area contributed by atoms with Gasteiger partial charge in [-0.05, 0) is 50.6 Å². The van der Waals surface area contributed by atoms with Crippen molar-refractivity contribution >= 4 is 20.8 Å². The molecule has 1 N–H and O–H groups in total. The minimum atomic E-state index is -3.71. The first-order valence-electron chi connectivity index (χ1n) is 8.92. The van der Waals surface area contributed by atoms with Crippen LogP contribution in [0.5, 0.6) is 6.01 Å². The maximum absolute atomic E-state index is 12.8. The quantitative estimate of drug-likeness (QED) is 0.671. The van der Waals surface area contributed by atoms with Gasteiger partial charge in [-0.15, -0.1) is 5.10 Å². The lowest BCUT2D eigenvalue weighted by Crippen LogP contribution is -2.29. The molecule has 8 heteroatoms. The molecule has 0 amide bonds. The molecule has 1 aromatic heterocycles. The van der Waals surface area contributed by atoms with Gasteiger partial charge < -0.3 is 4.74 Å². The van der Waals surface area contributed by atoms with Crippen molar-refractivity contribution < 1.29 is 13.2 Å². The van der Waals surface area contributed by atoms with Crippen molar-refractivity contribution in [2.24, 2.45) is 0 Å². The summed E-state index contributed by atoms with van der Waals surface area (Å²) in [4.78, 5) is 0.217. The summed E-state index contributed by atoms with van der Waals surface area (Å²) in [7, 11) is -3.71. The highest BCUT2D eigenvalue weighted by molar-refractivity contribution is 7.89. The fraction of sp³-hybridized carbons (Fsp3) is 0.368. The minimum Gasteiger partial charge on any atom is -0.461 e. The standard InChI is InChI=1S/C19H24N4O3S/c1-5-23-18(20-21-19(23)26-13(2)3)14(4)22-27(24,25)17-11-10-15-8-6-7-9-16(15)12-17/h6-14,22H,5H2,1-4H3/t14-/m1/s1. The third kappa shape index (κ3) is 4.12. The molecule has 7 nitrogen and oxygen atoms in total. The van der Waals surface area contributed by atoms with Crippen LogP contribution in [0.1, 0.15) is 39.6 Å². The molecule has 0 bridgehead atoms. The van der Waals surface area contributed by atoms with Crippen molar-refractivity contribution in [2.75, 3.05) is 0 Å². The number of hydrogen-bond donors (Lipinski definition) is 1. The van der Waals surface area contributed by atoms with Gasteiger partial charge >= 0.3 is 6.01 Å². The first-order chi connectivity index (χ1) is 12.8. The molecule has 0 radical (unpaired) electrons. The van der Waals surface area contributed by atoms with Gasteiger partial charge in [-0.25, -0.2) is 13.1 Å². The van der Waals surface area contributed by atoms with E-state index in [-0.39, 0.29) is 11.0 Å². The van der Waals surface area contributed by atoms with Gasteiger partial charge in [0.2, 0.25) is 10.0 Å². The predicted molar refractivity (Wildman–Crippen MR) is 104 cm³/mol. The lowest BCUT2D eigenvalue weighted by molar-refractivity contribution is 0.211. The molecule has 3 aromatic rings. The van der Waals surface area contributed by atoms with Gasteiger partial charge in [-0.3, -0.25) is 4.57 Å². The Bertz CT molecular complexity index is 1040. The molecule has 0 saturated heterocycles. The second-order valence-corrected chi connectivity index (χ2v) is 8.32. The molecule has 0 unspecified atom stereocenters. The van der Waals surface area contributed by atoms with Crippen LogP contribution in [0, 0.1) is 0 Å². The Balaban J connectivity index is 1.87. The highest BCUT2D eigenvalue weighted by Crippen LogP contribution is 2.22. The summed E-state index contributed by atoms with van der Waals surface area (Å²) >= 11 is 0. The zero-order valence-electron chi connectivity index (χ0n) is 15.9. The summed E-state index contributed by atoms with van der Waals surface area (Å²) in [6, 6.07) is 12.6. The fourth-order valence-electron chi connectivity index (χ4n) is 2.90. The van der Waals surface area contributed by atoms with E-state index in [1.54, 1.807) is 29.7 Å².